The molecule has 5 nitrogen and oxygen atoms in total. The van der Waals surface area contributed by atoms with Crippen molar-refractivity contribution in [1.29, 1.82) is 0 Å². The van der Waals surface area contributed by atoms with Crippen LogP contribution in [-0.4, -0.2) is 32.2 Å². The first kappa shape index (κ1) is 23.8. The van der Waals surface area contributed by atoms with E-state index in [0.717, 1.165) is 17.2 Å². The Morgan fingerprint density at radius 1 is 0.882 bits per heavy atom. The van der Waals surface area contributed by atoms with Gasteiger partial charge in [0.25, 0.3) is 0 Å². The number of aliphatic hydroxyl groups excluding tert-OH is 1. The minimum Gasteiger partial charge on any atom is -0.485 e. The molecule has 0 saturated heterocycles. The molecule has 3 aromatic carbocycles. The molecule has 0 aliphatic rings. The molecule has 1 N–H and O–H groups in total. The van der Waals surface area contributed by atoms with Gasteiger partial charge in [0.2, 0.25) is 0 Å². The van der Waals surface area contributed by atoms with Crippen LogP contribution in [0.15, 0.2) is 84.0 Å². The Labute approximate surface area is 199 Å². The minimum absolute atomic E-state index is 0.0213. The molecule has 9 heteroatoms. The second kappa shape index (κ2) is 10.8. The number of rotatable bonds is 9. The Balaban J connectivity index is 1.70. The highest BCUT2D eigenvalue weighted by Crippen LogP contribution is 2.36. The summed E-state index contributed by atoms with van der Waals surface area (Å²) in [5, 5.41) is 17.7. The molecule has 4 aromatic rings. The summed E-state index contributed by atoms with van der Waals surface area (Å²) >= 11 is 1.23. The molecule has 176 valence electrons. The number of benzene rings is 3. The number of ether oxygens (including phenoxy) is 1. The van der Waals surface area contributed by atoms with Gasteiger partial charge in [-0.25, -0.2) is 0 Å². The summed E-state index contributed by atoms with van der Waals surface area (Å²) < 4.78 is 48.8. The van der Waals surface area contributed by atoms with Crippen LogP contribution in [0.2, 0.25) is 0 Å². The molecule has 0 spiro atoms. The zero-order valence-corrected chi connectivity index (χ0v) is 18.9. The molecule has 0 aliphatic carbocycles. The topological polar surface area (TPSA) is 60.2 Å². The molecule has 0 unspecified atom stereocenters. The van der Waals surface area contributed by atoms with Crippen LogP contribution in [0.5, 0.6) is 5.75 Å². The molecule has 0 saturated carbocycles. The number of nitrogens with zero attached hydrogens (tertiary/aromatic N) is 3. The largest absolute Gasteiger partial charge is 0.485 e. The van der Waals surface area contributed by atoms with E-state index in [1.807, 2.05) is 54.6 Å². The third-order valence-corrected chi connectivity index (χ3v) is 6.03. The lowest BCUT2D eigenvalue weighted by Crippen LogP contribution is -2.14. The molecular weight excluding hydrogens is 463 g/mol. The van der Waals surface area contributed by atoms with Crippen LogP contribution in [-0.2, 0) is 12.8 Å². The number of hydrogen-bond acceptors (Lipinski definition) is 5. The number of aromatic nitrogens is 3. The summed E-state index contributed by atoms with van der Waals surface area (Å²) in [4.78, 5) is 0. The molecule has 4 rings (SSSR count). The molecule has 0 amide bonds. The Morgan fingerprint density at radius 3 is 2.35 bits per heavy atom. The van der Waals surface area contributed by atoms with Gasteiger partial charge in [0.1, 0.15) is 12.4 Å². The average Bonchev–Trinajstić information content (AvgIpc) is 3.25. The summed E-state index contributed by atoms with van der Waals surface area (Å²) in [6, 6.07) is 22.5. The lowest BCUT2D eigenvalue weighted by molar-refractivity contribution is -0.137. The van der Waals surface area contributed by atoms with E-state index in [1.54, 1.807) is 6.07 Å². The number of hydrogen-bond donors (Lipinski definition) is 1. The van der Waals surface area contributed by atoms with Gasteiger partial charge in [-0.05, 0) is 30.2 Å². The fourth-order valence-electron chi connectivity index (χ4n) is 3.46. The van der Waals surface area contributed by atoms with Crippen molar-refractivity contribution in [2.75, 3.05) is 12.4 Å². The zero-order valence-electron chi connectivity index (χ0n) is 18.1. The second-order valence-corrected chi connectivity index (χ2v) is 8.39. The van der Waals surface area contributed by atoms with E-state index < -0.39 is 11.7 Å². The third kappa shape index (κ3) is 5.43. The van der Waals surface area contributed by atoms with Gasteiger partial charge in [-0.15, -0.1) is 10.2 Å². The second-order valence-electron chi connectivity index (χ2n) is 7.33. The Kier molecular flexibility index (Phi) is 7.54. The summed E-state index contributed by atoms with van der Waals surface area (Å²) in [6.45, 7) is -0.101. The first-order chi connectivity index (χ1) is 16.5. The lowest BCUT2D eigenvalue weighted by Gasteiger charge is -2.17. The van der Waals surface area contributed by atoms with Crippen molar-refractivity contribution in [3.63, 3.8) is 0 Å². The fraction of sp³-hybridized carbons (Fsp3) is 0.200. The van der Waals surface area contributed by atoms with Gasteiger partial charge in [-0.2, -0.15) is 13.2 Å². The number of thioether (sulfide) groups is 1. The van der Waals surface area contributed by atoms with E-state index in [2.05, 4.69) is 10.2 Å². The molecule has 1 aromatic heterocycles. The SMILES string of the molecule is OCCCSc1nnc(COc2ccccc2-c2ccccc2)n1-c1ccccc1C(F)(F)F. The number of para-hydroxylation sites is 2. The van der Waals surface area contributed by atoms with E-state index in [9.17, 15) is 13.2 Å². The van der Waals surface area contributed by atoms with E-state index in [1.165, 1.54) is 28.5 Å². The van der Waals surface area contributed by atoms with E-state index >= 15 is 0 Å². The summed E-state index contributed by atoms with van der Waals surface area (Å²) in [5.74, 6) is 1.31. The van der Waals surface area contributed by atoms with Crippen LogP contribution in [0.1, 0.15) is 17.8 Å². The van der Waals surface area contributed by atoms with Crippen LogP contribution in [0.4, 0.5) is 13.2 Å². The monoisotopic (exact) mass is 485 g/mol. The van der Waals surface area contributed by atoms with Crippen LogP contribution in [0.3, 0.4) is 0 Å². The Morgan fingerprint density at radius 2 is 1.59 bits per heavy atom. The van der Waals surface area contributed by atoms with Crippen molar-refractivity contribution in [3.8, 4) is 22.6 Å². The molecule has 1 heterocycles. The van der Waals surface area contributed by atoms with Crippen molar-refractivity contribution in [2.45, 2.75) is 24.4 Å². The summed E-state index contributed by atoms with van der Waals surface area (Å²) in [6.07, 6.45) is -4.07. The standard InChI is InChI=1S/C25H22F3N3O2S/c26-25(27,28)20-12-5-6-13-21(20)31-23(29-30-24(31)34-16-8-15-32)17-33-22-14-7-4-11-19(22)18-9-2-1-3-10-18/h1-7,9-14,32H,8,15-17H2. The van der Waals surface area contributed by atoms with Crippen LogP contribution in [0.25, 0.3) is 16.8 Å². The third-order valence-electron chi connectivity index (χ3n) is 5.01. The molecular formula is C25H22F3N3O2S. The molecule has 34 heavy (non-hydrogen) atoms. The van der Waals surface area contributed by atoms with Crippen LogP contribution in [0, 0.1) is 0 Å². The number of aliphatic hydroxyl groups is 1. The Hall–Kier alpha value is -3.30. The highest BCUT2D eigenvalue weighted by Gasteiger charge is 2.35. The van der Waals surface area contributed by atoms with Gasteiger partial charge in [-0.3, -0.25) is 4.57 Å². The molecule has 0 aliphatic heterocycles. The van der Waals surface area contributed by atoms with Crippen molar-refractivity contribution < 1.29 is 23.0 Å². The average molecular weight is 486 g/mol. The minimum atomic E-state index is -4.55. The van der Waals surface area contributed by atoms with Gasteiger partial charge in [0.15, 0.2) is 11.0 Å². The van der Waals surface area contributed by atoms with Gasteiger partial charge < -0.3 is 9.84 Å². The maximum Gasteiger partial charge on any atom is 0.418 e. The quantitative estimate of drug-likeness (QED) is 0.233. The molecule has 0 atom stereocenters. The molecule has 0 bridgehead atoms. The molecule has 0 radical (unpaired) electrons. The van der Waals surface area contributed by atoms with E-state index in [0.29, 0.717) is 23.1 Å². The van der Waals surface area contributed by atoms with E-state index in [-0.39, 0.29) is 24.7 Å². The lowest BCUT2D eigenvalue weighted by atomic mass is 10.1. The predicted molar refractivity (Wildman–Crippen MR) is 125 cm³/mol. The van der Waals surface area contributed by atoms with Gasteiger partial charge in [0, 0.05) is 17.9 Å². The van der Waals surface area contributed by atoms with Gasteiger partial charge in [0.05, 0.1) is 11.3 Å². The van der Waals surface area contributed by atoms with Crippen LogP contribution >= 0.6 is 11.8 Å². The predicted octanol–water partition coefficient (Wildman–Crippen LogP) is 6.01. The number of halogens is 3. The Bertz CT molecular complexity index is 1230. The highest BCUT2D eigenvalue weighted by atomic mass is 32.2. The maximum atomic E-state index is 13.8. The van der Waals surface area contributed by atoms with Gasteiger partial charge >= 0.3 is 6.18 Å². The maximum absolute atomic E-state index is 13.8. The van der Waals surface area contributed by atoms with Crippen LogP contribution < -0.4 is 4.74 Å². The van der Waals surface area contributed by atoms with Crippen molar-refractivity contribution >= 4 is 11.8 Å². The summed E-state index contributed by atoms with van der Waals surface area (Å²) in [5.41, 5.74) is 0.968. The first-order valence-electron chi connectivity index (χ1n) is 10.6. The summed E-state index contributed by atoms with van der Waals surface area (Å²) in [7, 11) is 0. The smallest absolute Gasteiger partial charge is 0.418 e. The first-order valence-corrected chi connectivity index (χ1v) is 11.6. The highest BCUT2D eigenvalue weighted by molar-refractivity contribution is 7.99. The molecule has 0 fully saturated rings. The van der Waals surface area contributed by atoms with Gasteiger partial charge in [-0.1, -0.05) is 72.4 Å². The van der Waals surface area contributed by atoms with E-state index in [4.69, 9.17) is 9.84 Å². The van der Waals surface area contributed by atoms with Crippen molar-refractivity contribution in [2.24, 2.45) is 0 Å². The van der Waals surface area contributed by atoms with Crippen molar-refractivity contribution in [1.82, 2.24) is 14.8 Å². The normalized spacial score (nSPS) is 11.5. The number of alkyl halides is 3. The van der Waals surface area contributed by atoms with Crippen molar-refractivity contribution in [3.05, 3.63) is 90.3 Å². The zero-order chi connectivity index (χ0) is 24.0. The fourth-order valence-corrected chi connectivity index (χ4v) is 4.34.